The Bertz CT molecular complexity index is 1350. The number of nitrogens with zero attached hydrogens (tertiary/aromatic N) is 4. The molecule has 148 valence electrons. The summed E-state index contributed by atoms with van der Waals surface area (Å²) < 4.78 is 1.45. The number of aryl methyl sites for hydroxylation is 2. The summed E-state index contributed by atoms with van der Waals surface area (Å²) in [6.07, 6.45) is 1.39. The van der Waals surface area contributed by atoms with Gasteiger partial charge in [-0.2, -0.15) is 15.0 Å². The fourth-order valence-electron chi connectivity index (χ4n) is 3.19. The molecule has 0 aliphatic heterocycles. The molecule has 0 spiro atoms. The van der Waals surface area contributed by atoms with E-state index in [1.807, 2.05) is 38.1 Å². The first-order chi connectivity index (χ1) is 14.4. The van der Waals surface area contributed by atoms with E-state index in [0.29, 0.717) is 16.4 Å². The summed E-state index contributed by atoms with van der Waals surface area (Å²) in [6.45, 7) is 3.96. The van der Waals surface area contributed by atoms with Gasteiger partial charge in [0.05, 0.1) is 21.8 Å². The zero-order valence-corrected chi connectivity index (χ0v) is 17.6. The number of halogens is 2. The molecular weight excluding hydrogens is 421 g/mol. The number of aromatic nitrogens is 3. The SMILES string of the molecule is Cc1cc(-n2ncc(C#N)c2NC(=O)c2ccc(Cl)c(Cl)c2)nc2c(C)cccc12. The summed E-state index contributed by atoms with van der Waals surface area (Å²) in [5.74, 6) is 0.286. The molecule has 0 atom stereocenters. The number of pyridine rings is 1. The topological polar surface area (TPSA) is 83.6 Å². The molecule has 1 N–H and O–H groups in total. The number of carbonyl (C=O) groups is 1. The number of amides is 1. The highest BCUT2D eigenvalue weighted by Gasteiger charge is 2.18. The number of anilines is 1. The van der Waals surface area contributed by atoms with E-state index in [1.165, 1.54) is 16.9 Å². The third kappa shape index (κ3) is 3.50. The largest absolute Gasteiger partial charge is 0.305 e. The lowest BCUT2D eigenvalue weighted by Gasteiger charge is -2.12. The summed E-state index contributed by atoms with van der Waals surface area (Å²) in [5.41, 5.74) is 3.39. The van der Waals surface area contributed by atoms with Gasteiger partial charge in [0.1, 0.15) is 11.6 Å². The van der Waals surface area contributed by atoms with Crippen LogP contribution in [0.15, 0.2) is 48.7 Å². The number of hydrogen-bond acceptors (Lipinski definition) is 4. The van der Waals surface area contributed by atoms with Crippen molar-refractivity contribution in [2.75, 3.05) is 5.32 Å². The Morgan fingerprint density at radius 2 is 1.90 bits per heavy atom. The Morgan fingerprint density at radius 3 is 2.63 bits per heavy atom. The van der Waals surface area contributed by atoms with E-state index in [-0.39, 0.29) is 16.4 Å². The number of fused-ring (bicyclic) bond motifs is 1. The summed E-state index contributed by atoms with van der Waals surface area (Å²) in [6, 6.07) is 14.4. The predicted octanol–water partition coefficient (Wildman–Crippen LogP) is 5.47. The number of nitrogens with one attached hydrogen (secondary N) is 1. The van der Waals surface area contributed by atoms with Crippen molar-refractivity contribution in [3.05, 3.63) is 81.0 Å². The van der Waals surface area contributed by atoms with Crippen LogP contribution in [0.1, 0.15) is 27.0 Å². The summed E-state index contributed by atoms with van der Waals surface area (Å²) in [5, 5.41) is 18.2. The third-order valence-corrected chi connectivity index (χ3v) is 5.49. The average Bonchev–Trinajstić information content (AvgIpc) is 3.13. The smallest absolute Gasteiger partial charge is 0.256 e. The average molecular weight is 436 g/mol. The molecule has 0 aliphatic rings. The van der Waals surface area contributed by atoms with Gasteiger partial charge < -0.3 is 5.32 Å². The van der Waals surface area contributed by atoms with Crippen molar-refractivity contribution in [3.8, 4) is 11.9 Å². The quantitative estimate of drug-likeness (QED) is 0.462. The number of nitriles is 1. The van der Waals surface area contributed by atoms with Gasteiger partial charge in [-0.1, -0.05) is 41.4 Å². The van der Waals surface area contributed by atoms with Gasteiger partial charge in [-0.25, -0.2) is 4.98 Å². The van der Waals surface area contributed by atoms with Crippen LogP contribution in [0, 0.1) is 25.2 Å². The Morgan fingerprint density at radius 1 is 1.10 bits per heavy atom. The lowest BCUT2D eigenvalue weighted by atomic mass is 10.1. The minimum Gasteiger partial charge on any atom is -0.305 e. The highest BCUT2D eigenvalue weighted by Crippen LogP contribution is 2.27. The summed E-state index contributed by atoms with van der Waals surface area (Å²) >= 11 is 11.9. The number of para-hydroxylation sites is 1. The first-order valence-electron chi connectivity index (χ1n) is 9.01. The Labute approximate surface area is 182 Å². The van der Waals surface area contributed by atoms with Crippen molar-refractivity contribution in [1.29, 1.82) is 5.26 Å². The van der Waals surface area contributed by atoms with Crippen LogP contribution in [-0.4, -0.2) is 20.7 Å². The van der Waals surface area contributed by atoms with E-state index in [1.54, 1.807) is 12.1 Å². The van der Waals surface area contributed by atoms with E-state index in [2.05, 4.69) is 16.5 Å². The molecule has 0 aliphatic carbocycles. The third-order valence-electron chi connectivity index (χ3n) is 4.75. The summed E-state index contributed by atoms with van der Waals surface area (Å²) in [4.78, 5) is 17.5. The van der Waals surface area contributed by atoms with E-state index in [0.717, 1.165) is 22.0 Å². The van der Waals surface area contributed by atoms with Crippen LogP contribution in [0.3, 0.4) is 0 Å². The van der Waals surface area contributed by atoms with Crippen molar-refractivity contribution >= 4 is 45.8 Å². The van der Waals surface area contributed by atoms with Crippen LogP contribution >= 0.6 is 23.2 Å². The van der Waals surface area contributed by atoms with Crippen LogP contribution in [0.2, 0.25) is 10.0 Å². The van der Waals surface area contributed by atoms with E-state index < -0.39 is 5.91 Å². The molecule has 30 heavy (non-hydrogen) atoms. The van der Waals surface area contributed by atoms with Crippen molar-refractivity contribution < 1.29 is 4.79 Å². The summed E-state index contributed by atoms with van der Waals surface area (Å²) in [7, 11) is 0. The first kappa shape index (κ1) is 19.9. The molecule has 0 fully saturated rings. The molecule has 4 rings (SSSR count). The number of carbonyl (C=O) groups excluding carboxylic acids is 1. The molecule has 4 aromatic rings. The van der Waals surface area contributed by atoms with Gasteiger partial charge in [0, 0.05) is 10.9 Å². The molecule has 2 aromatic heterocycles. The van der Waals surface area contributed by atoms with E-state index >= 15 is 0 Å². The van der Waals surface area contributed by atoms with Gasteiger partial charge >= 0.3 is 0 Å². The maximum atomic E-state index is 12.8. The molecule has 2 heterocycles. The van der Waals surface area contributed by atoms with Crippen LogP contribution in [0.4, 0.5) is 5.82 Å². The van der Waals surface area contributed by atoms with Crippen LogP contribution in [0.5, 0.6) is 0 Å². The second kappa shape index (κ2) is 7.79. The fourth-order valence-corrected chi connectivity index (χ4v) is 3.49. The van der Waals surface area contributed by atoms with E-state index in [9.17, 15) is 10.1 Å². The number of hydrogen-bond donors (Lipinski definition) is 1. The number of rotatable bonds is 3. The van der Waals surface area contributed by atoms with Crippen LogP contribution in [-0.2, 0) is 0 Å². The van der Waals surface area contributed by atoms with Crippen LogP contribution < -0.4 is 5.32 Å². The van der Waals surface area contributed by atoms with Gasteiger partial charge in [-0.05, 0) is 49.2 Å². The second-order valence-corrected chi connectivity index (χ2v) is 7.60. The molecule has 2 aromatic carbocycles. The van der Waals surface area contributed by atoms with Crippen molar-refractivity contribution in [2.24, 2.45) is 0 Å². The Balaban J connectivity index is 1.80. The maximum Gasteiger partial charge on any atom is 0.256 e. The highest BCUT2D eigenvalue weighted by molar-refractivity contribution is 6.42. The monoisotopic (exact) mass is 435 g/mol. The minimum absolute atomic E-state index is 0.216. The molecular formula is C22H15Cl2N5O. The highest BCUT2D eigenvalue weighted by atomic mass is 35.5. The second-order valence-electron chi connectivity index (χ2n) is 6.78. The Kier molecular flexibility index (Phi) is 5.17. The molecule has 0 bridgehead atoms. The lowest BCUT2D eigenvalue weighted by Crippen LogP contribution is -2.16. The van der Waals surface area contributed by atoms with Gasteiger partial charge in [0.15, 0.2) is 11.6 Å². The molecule has 6 nitrogen and oxygen atoms in total. The van der Waals surface area contributed by atoms with Gasteiger partial charge in [0.25, 0.3) is 5.91 Å². The zero-order valence-electron chi connectivity index (χ0n) is 16.1. The molecule has 0 saturated carbocycles. The van der Waals surface area contributed by atoms with Gasteiger partial charge in [0.2, 0.25) is 0 Å². The molecule has 1 amide bonds. The number of benzene rings is 2. The molecule has 0 unspecified atom stereocenters. The van der Waals surface area contributed by atoms with E-state index in [4.69, 9.17) is 28.2 Å². The van der Waals surface area contributed by atoms with Gasteiger partial charge in [-0.3, -0.25) is 4.79 Å². The van der Waals surface area contributed by atoms with Crippen molar-refractivity contribution in [2.45, 2.75) is 13.8 Å². The van der Waals surface area contributed by atoms with Crippen molar-refractivity contribution in [1.82, 2.24) is 14.8 Å². The predicted molar refractivity (Wildman–Crippen MR) is 117 cm³/mol. The first-order valence-corrected chi connectivity index (χ1v) is 9.76. The normalized spacial score (nSPS) is 10.8. The lowest BCUT2D eigenvalue weighted by molar-refractivity contribution is 0.102. The fraction of sp³-hybridized carbons (Fsp3) is 0.0909. The maximum absolute atomic E-state index is 12.8. The molecule has 0 radical (unpaired) electrons. The molecule has 0 saturated heterocycles. The van der Waals surface area contributed by atoms with Crippen molar-refractivity contribution in [3.63, 3.8) is 0 Å². The zero-order chi connectivity index (χ0) is 21.4. The standard InChI is InChI=1S/C22H15Cl2N5O/c1-12-4-3-5-16-13(2)8-19(27-20(12)16)29-21(15(10-25)11-26-29)28-22(30)14-6-7-17(23)18(24)9-14/h3-9,11H,1-2H3,(H,28,30). The van der Waals surface area contributed by atoms with Crippen LogP contribution in [0.25, 0.3) is 16.7 Å². The Hall–Kier alpha value is -3.40. The minimum atomic E-state index is -0.444. The molecule has 8 heteroatoms. The van der Waals surface area contributed by atoms with Gasteiger partial charge in [-0.15, -0.1) is 0 Å².